The number of rotatable bonds is 2. The summed E-state index contributed by atoms with van der Waals surface area (Å²) < 4.78 is 16.0. The molecule has 0 spiro atoms. The van der Waals surface area contributed by atoms with Gasteiger partial charge in [0, 0.05) is 13.1 Å². The van der Waals surface area contributed by atoms with Crippen LogP contribution in [0.1, 0.15) is 17.7 Å². The number of hydrogen-bond donors (Lipinski definition) is 1. The Balaban J connectivity index is 1.85. The van der Waals surface area contributed by atoms with Crippen molar-refractivity contribution in [2.45, 2.75) is 13.0 Å². The average Bonchev–Trinajstić information content (AvgIpc) is 2.98. The Hall–Kier alpha value is -1.66. The van der Waals surface area contributed by atoms with Crippen molar-refractivity contribution in [3.63, 3.8) is 0 Å². The fraction of sp³-hybridized carbons (Fsp3) is 0.455. The van der Waals surface area contributed by atoms with E-state index in [4.69, 9.17) is 13.7 Å². The molecule has 1 saturated heterocycles. The predicted octanol–water partition coefficient (Wildman–Crippen LogP) is 1.30. The Bertz CT molecular complexity index is 500. The molecule has 0 bridgehead atoms. The second-order valence-electron chi connectivity index (χ2n) is 3.91. The highest BCUT2D eigenvalue weighted by Gasteiger charge is 2.22. The van der Waals surface area contributed by atoms with Crippen molar-refractivity contribution in [1.82, 2.24) is 15.5 Å². The maximum absolute atomic E-state index is 5.55. The van der Waals surface area contributed by atoms with Gasteiger partial charge in [0.25, 0.3) is 5.89 Å². The number of aromatic nitrogens is 2. The van der Waals surface area contributed by atoms with Gasteiger partial charge in [0.1, 0.15) is 11.9 Å². The summed E-state index contributed by atoms with van der Waals surface area (Å²) in [5, 5.41) is 7.17. The smallest absolute Gasteiger partial charge is 0.261 e. The van der Waals surface area contributed by atoms with Crippen LogP contribution < -0.4 is 5.32 Å². The van der Waals surface area contributed by atoms with E-state index in [2.05, 4.69) is 15.5 Å². The Kier molecular flexibility index (Phi) is 2.66. The maximum atomic E-state index is 5.55. The molecule has 1 N–H and O–H groups in total. The van der Waals surface area contributed by atoms with E-state index in [1.54, 1.807) is 6.26 Å². The first kappa shape index (κ1) is 10.5. The van der Waals surface area contributed by atoms with Crippen molar-refractivity contribution in [3.8, 4) is 11.5 Å². The van der Waals surface area contributed by atoms with Crippen LogP contribution in [0.3, 0.4) is 0 Å². The van der Waals surface area contributed by atoms with Crippen LogP contribution in [-0.4, -0.2) is 29.8 Å². The van der Waals surface area contributed by atoms with Crippen LogP contribution in [0.15, 0.2) is 21.3 Å². The lowest BCUT2D eigenvalue weighted by molar-refractivity contribution is 0.0208. The zero-order valence-electron chi connectivity index (χ0n) is 9.47. The summed E-state index contributed by atoms with van der Waals surface area (Å²) in [6.45, 7) is 4.10. The number of nitrogens with zero attached hydrogens (tertiary/aromatic N) is 2. The highest BCUT2D eigenvalue weighted by atomic mass is 16.5. The van der Waals surface area contributed by atoms with Crippen LogP contribution in [-0.2, 0) is 4.74 Å². The zero-order chi connectivity index (χ0) is 11.7. The number of ether oxygens (including phenoxy) is 1. The van der Waals surface area contributed by atoms with Crippen LogP contribution in [0.25, 0.3) is 11.5 Å². The first-order valence-electron chi connectivity index (χ1n) is 5.55. The van der Waals surface area contributed by atoms with Crippen LogP contribution in [0.5, 0.6) is 0 Å². The minimum Gasteiger partial charge on any atom is -0.469 e. The molecular formula is C11H13N3O3. The molecule has 6 heteroatoms. The van der Waals surface area contributed by atoms with Gasteiger partial charge >= 0.3 is 0 Å². The second-order valence-corrected chi connectivity index (χ2v) is 3.91. The van der Waals surface area contributed by atoms with Gasteiger partial charge in [0.15, 0.2) is 0 Å². The van der Waals surface area contributed by atoms with Gasteiger partial charge in [0.05, 0.1) is 18.4 Å². The third kappa shape index (κ3) is 1.96. The van der Waals surface area contributed by atoms with E-state index < -0.39 is 0 Å². The first-order valence-corrected chi connectivity index (χ1v) is 5.55. The molecule has 0 aliphatic carbocycles. The fourth-order valence-electron chi connectivity index (χ4n) is 1.81. The molecular weight excluding hydrogens is 222 g/mol. The maximum Gasteiger partial charge on any atom is 0.261 e. The largest absolute Gasteiger partial charge is 0.469 e. The lowest BCUT2D eigenvalue weighted by atomic mass is 10.2. The van der Waals surface area contributed by atoms with E-state index in [1.807, 2.05) is 13.0 Å². The zero-order valence-corrected chi connectivity index (χ0v) is 9.47. The molecule has 1 aliphatic heterocycles. The summed E-state index contributed by atoms with van der Waals surface area (Å²) in [5.74, 6) is 1.82. The lowest BCUT2D eigenvalue weighted by Gasteiger charge is -2.20. The van der Waals surface area contributed by atoms with Gasteiger partial charge in [-0.15, -0.1) is 0 Å². The number of hydrogen-bond acceptors (Lipinski definition) is 6. The Morgan fingerprint density at radius 3 is 3.12 bits per heavy atom. The molecule has 2 aromatic rings. The van der Waals surface area contributed by atoms with E-state index in [0.717, 1.165) is 17.9 Å². The molecule has 0 amide bonds. The van der Waals surface area contributed by atoms with Crippen molar-refractivity contribution in [3.05, 3.63) is 23.9 Å². The molecule has 1 unspecified atom stereocenters. The number of furan rings is 1. The van der Waals surface area contributed by atoms with E-state index in [9.17, 15) is 0 Å². The molecule has 3 rings (SSSR count). The summed E-state index contributed by atoms with van der Waals surface area (Å²) in [6.07, 6.45) is 1.47. The van der Waals surface area contributed by atoms with Crippen molar-refractivity contribution >= 4 is 0 Å². The molecule has 90 valence electrons. The van der Waals surface area contributed by atoms with Crippen LogP contribution >= 0.6 is 0 Å². The van der Waals surface area contributed by atoms with Crippen molar-refractivity contribution in [2.24, 2.45) is 0 Å². The standard InChI is InChI=1S/C11H13N3O3/c1-7-8(2-4-15-7)11-13-10(14-17-11)9-6-12-3-5-16-9/h2,4,9,12H,3,5-6H2,1H3. The van der Waals surface area contributed by atoms with Crippen molar-refractivity contribution < 1.29 is 13.7 Å². The summed E-state index contributed by atoms with van der Waals surface area (Å²) in [5.41, 5.74) is 0.826. The van der Waals surface area contributed by atoms with Gasteiger partial charge in [-0.3, -0.25) is 0 Å². The van der Waals surface area contributed by atoms with Crippen LogP contribution in [0.2, 0.25) is 0 Å². The Labute approximate surface area is 98.0 Å². The molecule has 17 heavy (non-hydrogen) atoms. The molecule has 2 aromatic heterocycles. The third-order valence-electron chi connectivity index (χ3n) is 2.75. The number of nitrogens with one attached hydrogen (secondary N) is 1. The third-order valence-corrected chi connectivity index (χ3v) is 2.75. The van der Waals surface area contributed by atoms with Crippen molar-refractivity contribution in [1.29, 1.82) is 0 Å². The van der Waals surface area contributed by atoms with Gasteiger partial charge in [-0.1, -0.05) is 5.16 Å². The van der Waals surface area contributed by atoms with Crippen LogP contribution in [0, 0.1) is 6.92 Å². The van der Waals surface area contributed by atoms with Gasteiger partial charge in [-0.25, -0.2) is 0 Å². The molecule has 1 fully saturated rings. The predicted molar refractivity (Wildman–Crippen MR) is 58.3 cm³/mol. The fourth-order valence-corrected chi connectivity index (χ4v) is 1.81. The van der Waals surface area contributed by atoms with E-state index in [0.29, 0.717) is 24.9 Å². The summed E-state index contributed by atoms with van der Waals surface area (Å²) >= 11 is 0. The molecule has 0 radical (unpaired) electrons. The number of morpholine rings is 1. The Morgan fingerprint density at radius 2 is 2.41 bits per heavy atom. The quantitative estimate of drug-likeness (QED) is 0.845. The van der Waals surface area contributed by atoms with Gasteiger partial charge in [-0.05, 0) is 13.0 Å². The summed E-state index contributed by atoms with van der Waals surface area (Å²) in [6, 6.07) is 1.81. The average molecular weight is 235 g/mol. The molecule has 1 aliphatic rings. The summed E-state index contributed by atoms with van der Waals surface area (Å²) in [4.78, 5) is 4.33. The molecule has 1 atom stereocenters. The van der Waals surface area contributed by atoms with Crippen molar-refractivity contribution in [2.75, 3.05) is 19.7 Å². The topological polar surface area (TPSA) is 73.3 Å². The summed E-state index contributed by atoms with van der Waals surface area (Å²) in [7, 11) is 0. The molecule has 0 saturated carbocycles. The van der Waals surface area contributed by atoms with Gasteiger partial charge in [-0.2, -0.15) is 4.98 Å². The highest BCUT2D eigenvalue weighted by molar-refractivity contribution is 5.54. The SMILES string of the molecule is Cc1occc1-c1nc(C2CNCCO2)no1. The first-order chi connectivity index (χ1) is 8.34. The van der Waals surface area contributed by atoms with E-state index >= 15 is 0 Å². The minimum atomic E-state index is -0.131. The normalized spacial score (nSPS) is 20.6. The monoisotopic (exact) mass is 235 g/mol. The molecule has 6 nitrogen and oxygen atoms in total. The van der Waals surface area contributed by atoms with E-state index in [-0.39, 0.29) is 6.10 Å². The minimum absolute atomic E-state index is 0.131. The Morgan fingerprint density at radius 1 is 1.47 bits per heavy atom. The molecule has 3 heterocycles. The highest BCUT2D eigenvalue weighted by Crippen LogP contribution is 2.24. The lowest BCUT2D eigenvalue weighted by Crippen LogP contribution is -2.33. The second kappa shape index (κ2) is 4.31. The van der Waals surface area contributed by atoms with Crippen LogP contribution in [0.4, 0.5) is 0 Å². The van der Waals surface area contributed by atoms with Gasteiger partial charge in [0.2, 0.25) is 5.82 Å². The van der Waals surface area contributed by atoms with Gasteiger partial charge < -0.3 is 19.0 Å². The molecule has 0 aromatic carbocycles. The van der Waals surface area contributed by atoms with E-state index in [1.165, 1.54) is 0 Å². The number of aryl methyl sites for hydroxylation is 1.